The molecule has 11 heteroatoms. The van der Waals surface area contributed by atoms with Crippen molar-refractivity contribution in [3.8, 4) is 0 Å². The number of carbonyl (C=O) groups is 3. The number of furan rings is 1. The van der Waals surface area contributed by atoms with Crippen LogP contribution in [0.15, 0.2) is 21.0 Å². The fourth-order valence-corrected chi connectivity index (χ4v) is 4.54. The summed E-state index contributed by atoms with van der Waals surface area (Å²) < 4.78 is 18.6. The van der Waals surface area contributed by atoms with Gasteiger partial charge in [0.15, 0.2) is 5.76 Å². The summed E-state index contributed by atoms with van der Waals surface area (Å²) in [4.78, 5) is 37.9. The van der Waals surface area contributed by atoms with Crippen LogP contribution in [0.25, 0.3) is 0 Å². The van der Waals surface area contributed by atoms with E-state index in [9.17, 15) is 14.4 Å². The zero-order chi connectivity index (χ0) is 24.3. The highest BCUT2D eigenvalue weighted by atomic mass is 79.9. The highest BCUT2D eigenvalue weighted by Gasteiger charge is 2.28. The minimum Gasteiger partial charge on any atom is -0.462 e. The first kappa shape index (κ1) is 24.7. The number of rotatable bonds is 8. The first-order chi connectivity index (χ1) is 15.7. The molecule has 3 aromatic rings. The SMILES string of the molecule is CCOC(=O)c1sc(NC(=O)c2ccc(Cn3nc(C)c(Br)c3C)o2)c(C(=O)OCC)c1C. The molecule has 0 aromatic carbocycles. The molecule has 0 aliphatic heterocycles. The average molecular weight is 538 g/mol. The van der Waals surface area contributed by atoms with Gasteiger partial charge in [-0.25, -0.2) is 9.59 Å². The number of aromatic nitrogens is 2. The average Bonchev–Trinajstić information content (AvgIpc) is 3.42. The van der Waals surface area contributed by atoms with E-state index in [4.69, 9.17) is 13.9 Å². The predicted molar refractivity (Wildman–Crippen MR) is 126 cm³/mol. The largest absolute Gasteiger partial charge is 0.462 e. The third-order valence-electron chi connectivity index (χ3n) is 4.80. The molecule has 0 bridgehead atoms. The van der Waals surface area contributed by atoms with Gasteiger partial charge in [0.05, 0.1) is 41.2 Å². The van der Waals surface area contributed by atoms with Crippen molar-refractivity contribution in [3.63, 3.8) is 0 Å². The van der Waals surface area contributed by atoms with Crippen LogP contribution in [-0.4, -0.2) is 40.8 Å². The Balaban J connectivity index is 1.85. The zero-order valence-corrected chi connectivity index (χ0v) is 21.3. The summed E-state index contributed by atoms with van der Waals surface area (Å²) >= 11 is 4.45. The summed E-state index contributed by atoms with van der Waals surface area (Å²) in [7, 11) is 0. The van der Waals surface area contributed by atoms with Crippen LogP contribution in [-0.2, 0) is 16.0 Å². The number of hydrogen-bond acceptors (Lipinski definition) is 8. The molecule has 0 saturated heterocycles. The van der Waals surface area contributed by atoms with Crippen LogP contribution in [0.2, 0.25) is 0 Å². The lowest BCUT2D eigenvalue weighted by atomic mass is 10.1. The number of halogens is 1. The minimum absolute atomic E-state index is 0.0594. The number of esters is 2. The first-order valence-corrected chi connectivity index (χ1v) is 11.9. The van der Waals surface area contributed by atoms with E-state index in [0.717, 1.165) is 27.2 Å². The zero-order valence-electron chi connectivity index (χ0n) is 18.9. The van der Waals surface area contributed by atoms with Crippen LogP contribution >= 0.6 is 27.3 Å². The lowest BCUT2D eigenvalue weighted by Gasteiger charge is -2.06. The van der Waals surface area contributed by atoms with E-state index in [-0.39, 0.29) is 34.4 Å². The van der Waals surface area contributed by atoms with Crippen molar-refractivity contribution in [2.45, 2.75) is 41.2 Å². The van der Waals surface area contributed by atoms with Crippen LogP contribution in [0.3, 0.4) is 0 Å². The Morgan fingerprint density at radius 1 is 1.12 bits per heavy atom. The van der Waals surface area contributed by atoms with Crippen molar-refractivity contribution in [1.29, 1.82) is 0 Å². The van der Waals surface area contributed by atoms with E-state index < -0.39 is 17.8 Å². The molecule has 0 aliphatic rings. The van der Waals surface area contributed by atoms with Gasteiger partial charge in [-0.3, -0.25) is 9.48 Å². The van der Waals surface area contributed by atoms with E-state index in [0.29, 0.717) is 17.9 Å². The van der Waals surface area contributed by atoms with Gasteiger partial charge in [-0.1, -0.05) is 0 Å². The summed E-state index contributed by atoms with van der Waals surface area (Å²) in [6.45, 7) is 9.49. The predicted octanol–water partition coefficient (Wildman–Crippen LogP) is 4.88. The van der Waals surface area contributed by atoms with Crippen molar-refractivity contribution in [1.82, 2.24) is 9.78 Å². The van der Waals surface area contributed by atoms with E-state index >= 15 is 0 Å². The fraction of sp³-hybridized carbons (Fsp3) is 0.364. The molecule has 0 radical (unpaired) electrons. The number of ether oxygens (including phenoxy) is 2. The van der Waals surface area contributed by atoms with Crippen LogP contribution in [0.5, 0.6) is 0 Å². The van der Waals surface area contributed by atoms with Gasteiger partial charge in [0.2, 0.25) is 0 Å². The number of thiophene rings is 1. The van der Waals surface area contributed by atoms with Gasteiger partial charge in [-0.05, 0) is 68.2 Å². The highest BCUT2D eigenvalue weighted by Crippen LogP contribution is 2.35. The molecule has 0 atom stereocenters. The fourth-order valence-electron chi connectivity index (χ4n) is 3.17. The molecule has 1 N–H and O–H groups in total. The molecular formula is C22H24BrN3O6S. The number of hydrogen-bond donors (Lipinski definition) is 1. The number of nitrogens with zero attached hydrogens (tertiary/aromatic N) is 2. The molecule has 0 fully saturated rings. The molecule has 0 spiro atoms. The Morgan fingerprint density at radius 3 is 2.39 bits per heavy atom. The van der Waals surface area contributed by atoms with E-state index in [1.807, 2.05) is 13.8 Å². The van der Waals surface area contributed by atoms with Crippen molar-refractivity contribution in [3.05, 3.63) is 55.5 Å². The molecule has 0 unspecified atom stereocenters. The number of nitrogens with one attached hydrogen (secondary N) is 1. The summed E-state index contributed by atoms with van der Waals surface area (Å²) in [5, 5.41) is 7.30. The summed E-state index contributed by atoms with van der Waals surface area (Å²) in [5.74, 6) is -1.16. The molecule has 3 aromatic heterocycles. The maximum absolute atomic E-state index is 12.9. The number of amides is 1. The Labute approximate surface area is 203 Å². The second-order valence-corrected chi connectivity index (χ2v) is 8.88. The normalized spacial score (nSPS) is 10.8. The van der Waals surface area contributed by atoms with Crippen molar-refractivity contribution < 1.29 is 28.3 Å². The molecule has 9 nitrogen and oxygen atoms in total. The molecular weight excluding hydrogens is 514 g/mol. The van der Waals surface area contributed by atoms with Crippen LogP contribution in [0.4, 0.5) is 5.00 Å². The molecule has 3 heterocycles. The molecule has 3 rings (SSSR count). The number of carbonyl (C=O) groups excluding carboxylic acids is 3. The maximum Gasteiger partial charge on any atom is 0.348 e. The molecule has 1 amide bonds. The van der Waals surface area contributed by atoms with Gasteiger partial charge in [-0.15, -0.1) is 11.3 Å². The van der Waals surface area contributed by atoms with Crippen LogP contribution in [0.1, 0.15) is 67.1 Å². The third kappa shape index (κ3) is 5.19. The van der Waals surface area contributed by atoms with Gasteiger partial charge in [0.1, 0.15) is 15.6 Å². The first-order valence-electron chi connectivity index (χ1n) is 10.2. The van der Waals surface area contributed by atoms with Crippen LogP contribution < -0.4 is 5.32 Å². The Kier molecular flexibility index (Phi) is 7.75. The van der Waals surface area contributed by atoms with Crippen molar-refractivity contribution in [2.24, 2.45) is 0 Å². The molecule has 0 saturated carbocycles. The topological polar surface area (TPSA) is 113 Å². The second kappa shape index (κ2) is 10.3. The summed E-state index contributed by atoms with van der Waals surface area (Å²) in [6.07, 6.45) is 0. The Hall–Kier alpha value is -2.92. The molecule has 33 heavy (non-hydrogen) atoms. The minimum atomic E-state index is -0.632. The van der Waals surface area contributed by atoms with E-state index in [2.05, 4.69) is 26.3 Å². The maximum atomic E-state index is 12.9. The smallest absolute Gasteiger partial charge is 0.348 e. The summed E-state index contributed by atoms with van der Waals surface area (Å²) in [6, 6.07) is 3.23. The van der Waals surface area contributed by atoms with Gasteiger partial charge >= 0.3 is 11.9 Å². The molecule has 0 aliphatic carbocycles. The number of anilines is 1. The van der Waals surface area contributed by atoms with E-state index in [1.165, 1.54) is 0 Å². The van der Waals surface area contributed by atoms with Crippen molar-refractivity contribution in [2.75, 3.05) is 18.5 Å². The van der Waals surface area contributed by atoms with E-state index in [1.54, 1.807) is 37.6 Å². The Bertz CT molecular complexity index is 1210. The highest BCUT2D eigenvalue weighted by molar-refractivity contribution is 9.10. The quantitative estimate of drug-likeness (QED) is 0.407. The van der Waals surface area contributed by atoms with Crippen molar-refractivity contribution >= 4 is 50.1 Å². The Morgan fingerprint density at radius 2 is 1.79 bits per heavy atom. The standard InChI is InChI=1S/C22H24BrN3O6S/c1-6-30-21(28)16-11(3)18(22(29)31-7-2)33-20(16)24-19(27)15-9-8-14(32-15)10-26-13(5)17(23)12(4)25-26/h8-9H,6-7,10H2,1-5H3,(H,24,27). The van der Waals surface area contributed by atoms with Crippen LogP contribution in [0, 0.1) is 20.8 Å². The molecule has 176 valence electrons. The van der Waals surface area contributed by atoms with Gasteiger partial charge in [0, 0.05) is 0 Å². The third-order valence-corrected chi connectivity index (χ3v) is 7.13. The second-order valence-electron chi connectivity index (χ2n) is 7.06. The lowest BCUT2D eigenvalue weighted by molar-refractivity contribution is 0.0527. The number of aryl methyl sites for hydroxylation is 1. The monoisotopic (exact) mass is 537 g/mol. The van der Waals surface area contributed by atoms with Gasteiger partial charge < -0.3 is 19.2 Å². The summed E-state index contributed by atoms with van der Waals surface area (Å²) in [5.41, 5.74) is 2.31. The van der Waals surface area contributed by atoms with Gasteiger partial charge in [-0.2, -0.15) is 5.10 Å². The lowest BCUT2D eigenvalue weighted by Crippen LogP contribution is -2.14. The van der Waals surface area contributed by atoms with Gasteiger partial charge in [0.25, 0.3) is 5.91 Å².